The summed E-state index contributed by atoms with van der Waals surface area (Å²) < 4.78 is 0. The van der Waals surface area contributed by atoms with Crippen LogP contribution >= 0.6 is 0 Å². The van der Waals surface area contributed by atoms with Crippen molar-refractivity contribution in [2.45, 2.75) is 47.1 Å². The second-order valence-electron chi connectivity index (χ2n) is 5.58. The summed E-state index contributed by atoms with van der Waals surface area (Å²) >= 11 is 0. The molecule has 0 aromatic carbocycles. The Morgan fingerprint density at radius 1 is 1.21 bits per heavy atom. The maximum atomic E-state index is 9.58. The molecular formula is C12H27NO. The largest absolute Gasteiger partial charge is 0.393 e. The van der Waals surface area contributed by atoms with Crippen LogP contribution in [-0.4, -0.2) is 36.2 Å². The van der Waals surface area contributed by atoms with Crippen molar-refractivity contribution in [2.75, 3.05) is 20.1 Å². The molecule has 0 heterocycles. The highest BCUT2D eigenvalue weighted by molar-refractivity contribution is 4.77. The molecule has 0 saturated carbocycles. The van der Waals surface area contributed by atoms with Gasteiger partial charge in [-0.15, -0.1) is 0 Å². The standard InChI is InChI=1S/C12H27NO/c1-10(2)7-8-13(6)9-12(4,5)11(3)14/h10-11,14H,7-9H2,1-6H3. The van der Waals surface area contributed by atoms with Crippen molar-refractivity contribution in [1.29, 1.82) is 0 Å². The number of aliphatic hydroxyl groups is 1. The topological polar surface area (TPSA) is 23.5 Å². The van der Waals surface area contributed by atoms with Crippen molar-refractivity contribution >= 4 is 0 Å². The molecule has 14 heavy (non-hydrogen) atoms. The third-order valence-electron chi connectivity index (χ3n) is 2.90. The van der Waals surface area contributed by atoms with Gasteiger partial charge in [0.05, 0.1) is 6.10 Å². The van der Waals surface area contributed by atoms with Gasteiger partial charge in [-0.1, -0.05) is 27.7 Å². The minimum atomic E-state index is -0.246. The smallest absolute Gasteiger partial charge is 0.0575 e. The van der Waals surface area contributed by atoms with E-state index in [-0.39, 0.29) is 11.5 Å². The van der Waals surface area contributed by atoms with Crippen LogP contribution in [0, 0.1) is 11.3 Å². The van der Waals surface area contributed by atoms with Crippen LogP contribution in [0.25, 0.3) is 0 Å². The summed E-state index contributed by atoms with van der Waals surface area (Å²) in [5.41, 5.74) is -0.00820. The molecular weight excluding hydrogens is 174 g/mol. The fourth-order valence-corrected chi connectivity index (χ4v) is 1.39. The molecule has 2 heteroatoms. The molecule has 86 valence electrons. The summed E-state index contributed by atoms with van der Waals surface area (Å²) in [6.45, 7) is 12.7. The van der Waals surface area contributed by atoms with Gasteiger partial charge in [-0.05, 0) is 32.9 Å². The van der Waals surface area contributed by atoms with E-state index in [1.807, 2.05) is 6.92 Å². The molecule has 0 aliphatic rings. The average Bonchev–Trinajstić information content (AvgIpc) is 1.99. The molecule has 0 aromatic rings. The first-order valence-corrected chi connectivity index (χ1v) is 5.62. The van der Waals surface area contributed by atoms with Crippen LogP contribution in [0.1, 0.15) is 41.0 Å². The summed E-state index contributed by atoms with van der Waals surface area (Å²) in [5, 5.41) is 9.58. The summed E-state index contributed by atoms with van der Waals surface area (Å²) in [7, 11) is 2.13. The zero-order valence-electron chi connectivity index (χ0n) is 10.7. The summed E-state index contributed by atoms with van der Waals surface area (Å²) in [5.74, 6) is 0.757. The van der Waals surface area contributed by atoms with E-state index in [1.165, 1.54) is 6.42 Å². The Kier molecular flexibility index (Phi) is 5.68. The first-order valence-electron chi connectivity index (χ1n) is 5.62. The quantitative estimate of drug-likeness (QED) is 0.713. The minimum Gasteiger partial charge on any atom is -0.393 e. The van der Waals surface area contributed by atoms with E-state index in [9.17, 15) is 5.11 Å². The van der Waals surface area contributed by atoms with E-state index in [0.29, 0.717) is 0 Å². The maximum Gasteiger partial charge on any atom is 0.0575 e. The lowest BCUT2D eigenvalue weighted by molar-refractivity contribution is 0.0400. The predicted molar refractivity (Wildman–Crippen MR) is 62.4 cm³/mol. The lowest BCUT2D eigenvalue weighted by Crippen LogP contribution is -2.39. The van der Waals surface area contributed by atoms with Gasteiger partial charge < -0.3 is 10.0 Å². The molecule has 0 bridgehead atoms. The van der Waals surface area contributed by atoms with E-state index in [4.69, 9.17) is 0 Å². The van der Waals surface area contributed by atoms with E-state index in [2.05, 4.69) is 39.6 Å². The van der Waals surface area contributed by atoms with Crippen LogP contribution in [-0.2, 0) is 0 Å². The highest BCUT2D eigenvalue weighted by atomic mass is 16.3. The first kappa shape index (κ1) is 13.9. The highest BCUT2D eigenvalue weighted by Crippen LogP contribution is 2.21. The minimum absolute atomic E-state index is 0.00820. The maximum absolute atomic E-state index is 9.58. The Bertz CT molecular complexity index is 152. The molecule has 0 saturated heterocycles. The molecule has 0 amide bonds. The van der Waals surface area contributed by atoms with E-state index < -0.39 is 0 Å². The fourth-order valence-electron chi connectivity index (χ4n) is 1.39. The molecule has 0 rings (SSSR count). The summed E-state index contributed by atoms with van der Waals surface area (Å²) in [6, 6.07) is 0. The first-order chi connectivity index (χ1) is 6.25. The van der Waals surface area contributed by atoms with Crippen molar-refractivity contribution in [1.82, 2.24) is 4.90 Å². The molecule has 1 unspecified atom stereocenters. The Morgan fingerprint density at radius 3 is 2.07 bits per heavy atom. The van der Waals surface area contributed by atoms with Gasteiger partial charge in [0.15, 0.2) is 0 Å². The summed E-state index contributed by atoms with van der Waals surface area (Å²) in [4.78, 5) is 2.31. The highest BCUT2D eigenvalue weighted by Gasteiger charge is 2.25. The van der Waals surface area contributed by atoms with Crippen LogP contribution < -0.4 is 0 Å². The van der Waals surface area contributed by atoms with Crippen LogP contribution in [0.2, 0.25) is 0 Å². The SMILES string of the molecule is CC(C)CCN(C)CC(C)(C)C(C)O. The van der Waals surface area contributed by atoms with Gasteiger partial charge in [0.1, 0.15) is 0 Å². The second-order valence-corrected chi connectivity index (χ2v) is 5.58. The van der Waals surface area contributed by atoms with Crippen LogP contribution in [0.15, 0.2) is 0 Å². The lowest BCUT2D eigenvalue weighted by Gasteiger charge is -2.33. The molecule has 0 spiro atoms. The van der Waals surface area contributed by atoms with Crippen molar-refractivity contribution < 1.29 is 5.11 Å². The van der Waals surface area contributed by atoms with Crippen molar-refractivity contribution in [3.8, 4) is 0 Å². The number of nitrogens with zero attached hydrogens (tertiary/aromatic N) is 1. The number of hydrogen-bond acceptors (Lipinski definition) is 2. The monoisotopic (exact) mass is 201 g/mol. The van der Waals surface area contributed by atoms with Crippen molar-refractivity contribution in [3.05, 3.63) is 0 Å². The van der Waals surface area contributed by atoms with Gasteiger partial charge in [0.25, 0.3) is 0 Å². The van der Waals surface area contributed by atoms with Gasteiger partial charge in [-0.25, -0.2) is 0 Å². The van der Waals surface area contributed by atoms with Crippen molar-refractivity contribution in [3.63, 3.8) is 0 Å². The zero-order valence-corrected chi connectivity index (χ0v) is 10.7. The zero-order chi connectivity index (χ0) is 11.4. The van der Waals surface area contributed by atoms with Gasteiger partial charge in [-0.2, -0.15) is 0 Å². The van der Waals surface area contributed by atoms with Gasteiger partial charge >= 0.3 is 0 Å². The molecule has 0 aliphatic carbocycles. The molecule has 0 aromatic heterocycles. The van der Waals surface area contributed by atoms with Gasteiger partial charge in [-0.3, -0.25) is 0 Å². The van der Waals surface area contributed by atoms with E-state index in [0.717, 1.165) is 19.0 Å². The predicted octanol–water partition coefficient (Wildman–Crippen LogP) is 2.37. The van der Waals surface area contributed by atoms with Gasteiger partial charge in [0, 0.05) is 12.0 Å². The molecule has 0 fully saturated rings. The van der Waals surface area contributed by atoms with E-state index in [1.54, 1.807) is 0 Å². The number of hydrogen-bond donors (Lipinski definition) is 1. The Hall–Kier alpha value is -0.0800. The Labute approximate surface area is 89.3 Å². The summed E-state index contributed by atoms with van der Waals surface area (Å²) in [6.07, 6.45) is 0.982. The van der Waals surface area contributed by atoms with Crippen LogP contribution in [0.4, 0.5) is 0 Å². The third kappa shape index (κ3) is 5.61. The Balaban J connectivity index is 3.87. The number of aliphatic hydroxyl groups excluding tert-OH is 1. The average molecular weight is 201 g/mol. The number of rotatable bonds is 6. The fraction of sp³-hybridized carbons (Fsp3) is 1.00. The van der Waals surface area contributed by atoms with E-state index >= 15 is 0 Å². The van der Waals surface area contributed by atoms with Crippen LogP contribution in [0.5, 0.6) is 0 Å². The van der Waals surface area contributed by atoms with Crippen molar-refractivity contribution in [2.24, 2.45) is 11.3 Å². The third-order valence-corrected chi connectivity index (χ3v) is 2.90. The second kappa shape index (κ2) is 5.72. The van der Waals surface area contributed by atoms with Gasteiger partial charge in [0.2, 0.25) is 0 Å². The van der Waals surface area contributed by atoms with Crippen LogP contribution in [0.3, 0.4) is 0 Å². The lowest BCUT2D eigenvalue weighted by atomic mass is 9.87. The Morgan fingerprint density at radius 2 is 1.71 bits per heavy atom. The normalized spacial score (nSPS) is 15.2. The molecule has 0 aliphatic heterocycles. The molecule has 0 radical (unpaired) electrons. The molecule has 1 N–H and O–H groups in total. The molecule has 2 nitrogen and oxygen atoms in total. The molecule has 1 atom stereocenters.